The Bertz CT molecular complexity index is 567. The summed E-state index contributed by atoms with van der Waals surface area (Å²) in [6.07, 6.45) is 0.891. The maximum atomic E-state index is 5.66. The Hall–Kier alpha value is -1.61. The van der Waals surface area contributed by atoms with Crippen LogP contribution in [-0.4, -0.2) is 16.3 Å². The van der Waals surface area contributed by atoms with E-state index in [1.165, 1.54) is 28.1 Å². The highest BCUT2D eigenvalue weighted by atomic mass is 15.3. The van der Waals surface area contributed by atoms with E-state index in [-0.39, 0.29) is 0 Å². The topological polar surface area (TPSA) is 43.8 Å². The fourth-order valence-electron chi connectivity index (χ4n) is 2.36. The highest BCUT2D eigenvalue weighted by molar-refractivity contribution is 5.45. The number of aromatic nitrogens is 2. The zero-order valence-corrected chi connectivity index (χ0v) is 11.6. The Morgan fingerprint density at radius 2 is 1.89 bits per heavy atom. The summed E-state index contributed by atoms with van der Waals surface area (Å²) in [5.41, 5.74) is 12.9. The van der Waals surface area contributed by atoms with E-state index >= 15 is 0 Å². The van der Waals surface area contributed by atoms with Crippen LogP contribution in [0.4, 0.5) is 0 Å². The normalized spacial score (nSPS) is 10.9. The van der Waals surface area contributed by atoms with Gasteiger partial charge in [-0.1, -0.05) is 12.1 Å². The molecule has 0 saturated carbocycles. The maximum absolute atomic E-state index is 5.66. The zero-order valence-electron chi connectivity index (χ0n) is 11.6. The Labute approximate surface area is 109 Å². The molecule has 18 heavy (non-hydrogen) atoms. The molecule has 0 amide bonds. The Kier molecular flexibility index (Phi) is 3.53. The van der Waals surface area contributed by atoms with Crippen molar-refractivity contribution in [1.29, 1.82) is 0 Å². The van der Waals surface area contributed by atoms with Gasteiger partial charge >= 0.3 is 0 Å². The zero-order chi connectivity index (χ0) is 13.3. The largest absolute Gasteiger partial charge is 0.330 e. The summed E-state index contributed by atoms with van der Waals surface area (Å²) >= 11 is 0. The van der Waals surface area contributed by atoms with Gasteiger partial charge in [-0.2, -0.15) is 5.10 Å². The van der Waals surface area contributed by atoms with E-state index in [1.54, 1.807) is 0 Å². The molecule has 3 heteroatoms. The summed E-state index contributed by atoms with van der Waals surface area (Å²) in [7, 11) is 0. The van der Waals surface area contributed by atoms with Gasteiger partial charge in [-0.3, -0.25) is 0 Å². The second-order valence-electron chi connectivity index (χ2n) is 4.89. The molecule has 1 aromatic heterocycles. The van der Waals surface area contributed by atoms with Gasteiger partial charge in [0.2, 0.25) is 0 Å². The minimum absolute atomic E-state index is 0.667. The van der Waals surface area contributed by atoms with Gasteiger partial charge in [0.1, 0.15) is 0 Å². The first kappa shape index (κ1) is 12.8. The van der Waals surface area contributed by atoms with Gasteiger partial charge in [-0.15, -0.1) is 0 Å². The van der Waals surface area contributed by atoms with Crippen LogP contribution in [0, 0.1) is 27.7 Å². The fraction of sp³-hybridized carbons (Fsp3) is 0.400. The Morgan fingerprint density at radius 1 is 1.17 bits per heavy atom. The average molecular weight is 243 g/mol. The number of aryl methyl sites for hydroxylation is 3. The molecule has 0 aliphatic rings. The van der Waals surface area contributed by atoms with Crippen molar-refractivity contribution in [3.05, 3.63) is 46.3 Å². The van der Waals surface area contributed by atoms with Crippen molar-refractivity contribution in [1.82, 2.24) is 9.78 Å². The number of nitrogens with zero attached hydrogens (tertiary/aromatic N) is 2. The standard InChI is InChI=1S/C15H21N3/c1-10-5-6-11(2)15(9-10)18-13(4)14(7-8-16)12(3)17-18/h5-6,9H,7-8,16H2,1-4H3. The van der Waals surface area contributed by atoms with Gasteiger partial charge in [-0.25, -0.2) is 4.68 Å². The van der Waals surface area contributed by atoms with Crippen molar-refractivity contribution in [2.75, 3.05) is 6.54 Å². The Morgan fingerprint density at radius 3 is 2.56 bits per heavy atom. The van der Waals surface area contributed by atoms with Gasteiger partial charge < -0.3 is 5.73 Å². The lowest BCUT2D eigenvalue weighted by Gasteiger charge is -2.09. The Balaban J connectivity index is 2.57. The summed E-state index contributed by atoms with van der Waals surface area (Å²) in [5, 5.41) is 4.66. The highest BCUT2D eigenvalue weighted by Crippen LogP contribution is 2.21. The molecule has 96 valence electrons. The molecule has 0 bridgehead atoms. The lowest BCUT2D eigenvalue weighted by molar-refractivity contribution is 0.824. The fourth-order valence-corrected chi connectivity index (χ4v) is 2.36. The SMILES string of the molecule is Cc1ccc(C)c(-n2nc(C)c(CCN)c2C)c1. The molecule has 0 atom stereocenters. The molecular formula is C15H21N3. The van der Waals surface area contributed by atoms with Crippen LogP contribution in [0.25, 0.3) is 5.69 Å². The number of nitrogens with two attached hydrogens (primary N) is 1. The molecule has 2 aromatic rings. The number of hydrogen-bond donors (Lipinski definition) is 1. The van der Waals surface area contributed by atoms with Crippen LogP contribution in [0.5, 0.6) is 0 Å². The molecule has 3 nitrogen and oxygen atoms in total. The number of rotatable bonds is 3. The van der Waals surface area contributed by atoms with Crippen LogP contribution in [0.1, 0.15) is 28.1 Å². The average Bonchev–Trinajstić information content (AvgIpc) is 2.61. The third-order valence-electron chi connectivity index (χ3n) is 3.43. The van der Waals surface area contributed by atoms with Crippen molar-refractivity contribution in [2.45, 2.75) is 34.1 Å². The van der Waals surface area contributed by atoms with Crippen molar-refractivity contribution >= 4 is 0 Å². The third kappa shape index (κ3) is 2.18. The number of benzene rings is 1. The molecule has 0 aliphatic heterocycles. The minimum atomic E-state index is 0.667. The van der Waals surface area contributed by atoms with Gasteiger partial charge in [-0.05, 0) is 63.4 Å². The highest BCUT2D eigenvalue weighted by Gasteiger charge is 2.13. The summed E-state index contributed by atoms with van der Waals surface area (Å²) < 4.78 is 2.04. The molecule has 0 aliphatic carbocycles. The third-order valence-corrected chi connectivity index (χ3v) is 3.43. The molecule has 1 heterocycles. The quantitative estimate of drug-likeness (QED) is 0.900. The first-order valence-corrected chi connectivity index (χ1v) is 6.37. The summed E-state index contributed by atoms with van der Waals surface area (Å²) in [6, 6.07) is 6.45. The predicted octanol–water partition coefficient (Wildman–Crippen LogP) is 2.61. The molecule has 2 rings (SSSR count). The molecule has 2 N–H and O–H groups in total. The molecule has 0 unspecified atom stereocenters. The molecule has 1 aromatic carbocycles. The lowest BCUT2D eigenvalue weighted by atomic mass is 10.1. The van der Waals surface area contributed by atoms with E-state index < -0.39 is 0 Å². The monoisotopic (exact) mass is 243 g/mol. The minimum Gasteiger partial charge on any atom is -0.330 e. The van der Waals surface area contributed by atoms with E-state index in [2.05, 4.69) is 51.0 Å². The molecular weight excluding hydrogens is 222 g/mol. The van der Waals surface area contributed by atoms with Crippen LogP contribution < -0.4 is 5.73 Å². The van der Waals surface area contributed by atoms with Gasteiger partial charge in [0.25, 0.3) is 0 Å². The lowest BCUT2D eigenvalue weighted by Crippen LogP contribution is -2.05. The van der Waals surface area contributed by atoms with Gasteiger partial charge in [0.05, 0.1) is 11.4 Å². The molecule has 0 saturated heterocycles. The van der Waals surface area contributed by atoms with Crippen LogP contribution in [0.15, 0.2) is 18.2 Å². The van der Waals surface area contributed by atoms with Gasteiger partial charge in [0, 0.05) is 5.69 Å². The second-order valence-corrected chi connectivity index (χ2v) is 4.89. The summed E-state index contributed by atoms with van der Waals surface area (Å²) in [5.74, 6) is 0. The van der Waals surface area contributed by atoms with E-state index in [9.17, 15) is 0 Å². The molecule has 0 spiro atoms. The number of hydrogen-bond acceptors (Lipinski definition) is 2. The van der Waals surface area contributed by atoms with Crippen molar-refractivity contribution in [2.24, 2.45) is 5.73 Å². The van der Waals surface area contributed by atoms with E-state index in [4.69, 9.17) is 5.73 Å². The van der Waals surface area contributed by atoms with Crippen LogP contribution >= 0.6 is 0 Å². The maximum Gasteiger partial charge on any atom is 0.0680 e. The van der Waals surface area contributed by atoms with Crippen molar-refractivity contribution < 1.29 is 0 Å². The first-order valence-electron chi connectivity index (χ1n) is 6.37. The molecule has 0 radical (unpaired) electrons. The van der Waals surface area contributed by atoms with Crippen LogP contribution in [0.3, 0.4) is 0 Å². The van der Waals surface area contributed by atoms with Crippen LogP contribution in [0.2, 0.25) is 0 Å². The van der Waals surface area contributed by atoms with Crippen LogP contribution in [-0.2, 0) is 6.42 Å². The summed E-state index contributed by atoms with van der Waals surface area (Å²) in [4.78, 5) is 0. The van der Waals surface area contributed by atoms with Crippen molar-refractivity contribution in [3.8, 4) is 5.69 Å². The predicted molar refractivity (Wildman–Crippen MR) is 75.3 cm³/mol. The molecule has 0 fully saturated rings. The summed E-state index contributed by atoms with van der Waals surface area (Å²) in [6.45, 7) is 9.07. The van der Waals surface area contributed by atoms with Gasteiger partial charge in [0.15, 0.2) is 0 Å². The smallest absolute Gasteiger partial charge is 0.0680 e. The van der Waals surface area contributed by atoms with E-state index in [0.717, 1.165) is 12.1 Å². The van der Waals surface area contributed by atoms with E-state index in [0.29, 0.717) is 6.54 Å². The van der Waals surface area contributed by atoms with E-state index in [1.807, 2.05) is 4.68 Å². The second kappa shape index (κ2) is 4.94. The van der Waals surface area contributed by atoms with Crippen molar-refractivity contribution in [3.63, 3.8) is 0 Å². The first-order chi connectivity index (χ1) is 8.54.